The van der Waals surface area contributed by atoms with Crippen molar-refractivity contribution in [2.24, 2.45) is 0 Å². The van der Waals surface area contributed by atoms with Gasteiger partial charge in [-0.05, 0) is 37.6 Å². The minimum Gasteiger partial charge on any atom is -0.452 e. The first kappa shape index (κ1) is 21.1. The fourth-order valence-electron chi connectivity index (χ4n) is 1.92. The second kappa shape index (κ2) is 10.1. The number of amides is 1. The molecule has 0 saturated heterocycles. The van der Waals surface area contributed by atoms with Crippen LogP contribution in [0.1, 0.15) is 30.6 Å². The molecule has 0 bridgehead atoms. The molecular weight excluding hydrogens is 348 g/mol. The van der Waals surface area contributed by atoms with Crippen LogP contribution in [0.25, 0.3) is 0 Å². The monoisotopic (exact) mass is 372 g/mol. The molecule has 0 radical (unpaired) electrons. The number of carbonyl (C=O) groups excluding carboxylic acids is 2. The Morgan fingerprint density at radius 2 is 1.84 bits per heavy atom. The molecule has 1 aromatic rings. The molecule has 1 amide bonds. The van der Waals surface area contributed by atoms with Gasteiger partial charge < -0.3 is 14.8 Å². The Hall–Kier alpha value is -1.97. The summed E-state index contributed by atoms with van der Waals surface area (Å²) in [4.78, 5) is 23.3. The summed E-state index contributed by atoms with van der Waals surface area (Å²) in [6.45, 7) is 3.96. The van der Waals surface area contributed by atoms with Crippen molar-refractivity contribution in [2.75, 3.05) is 26.9 Å². The summed E-state index contributed by atoms with van der Waals surface area (Å²) < 4.78 is 36.6. The first-order chi connectivity index (χ1) is 11.8. The van der Waals surface area contributed by atoms with E-state index in [0.29, 0.717) is 6.54 Å². The van der Waals surface area contributed by atoms with Crippen LogP contribution in [0.5, 0.6) is 0 Å². The molecule has 1 aromatic carbocycles. The maximum absolute atomic E-state index is 12.2. The fourth-order valence-corrected chi connectivity index (χ4v) is 3.15. The molecule has 25 heavy (non-hydrogen) atoms. The van der Waals surface area contributed by atoms with Gasteiger partial charge in [-0.2, -0.15) is 0 Å². The highest BCUT2D eigenvalue weighted by Gasteiger charge is 2.18. The Balaban J connectivity index is 2.66. The van der Waals surface area contributed by atoms with E-state index in [1.807, 2.05) is 6.92 Å². The maximum Gasteiger partial charge on any atom is 0.338 e. The topological polar surface area (TPSA) is 111 Å². The summed E-state index contributed by atoms with van der Waals surface area (Å²) in [6.07, 6.45) is 0.784. The van der Waals surface area contributed by atoms with Crippen LogP contribution in [0.2, 0.25) is 0 Å². The molecule has 8 nitrogen and oxygen atoms in total. The molecule has 0 aliphatic rings. The summed E-state index contributed by atoms with van der Waals surface area (Å²) in [7, 11) is -2.23. The van der Waals surface area contributed by atoms with Crippen LogP contribution >= 0.6 is 0 Å². The van der Waals surface area contributed by atoms with E-state index in [0.717, 1.165) is 6.42 Å². The third-order valence-electron chi connectivity index (χ3n) is 3.08. The lowest BCUT2D eigenvalue weighted by atomic mass is 10.2. The van der Waals surface area contributed by atoms with E-state index < -0.39 is 16.0 Å². The van der Waals surface area contributed by atoms with Crippen molar-refractivity contribution in [3.8, 4) is 0 Å². The third kappa shape index (κ3) is 7.20. The van der Waals surface area contributed by atoms with Gasteiger partial charge in [0, 0.05) is 19.7 Å². The van der Waals surface area contributed by atoms with Gasteiger partial charge in [-0.3, -0.25) is 4.79 Å². The number of nitrogens with one attached hydrogen (secondary N) is 2. The number of rotatable bonds is 10. The number of carbonyl (C=O) groups is 2. The van der Waals surface area contributed by atoms with Crippen LogP contribution in [0.3, 0.4) is 0 Å². The molecular formula is C16H24N2O6S. The van der Waals surface area contributed by atoms with E-state index >= 15 is 0 Å². The largest absolute Gasteiger partial charge is 0.452 e. The Kier molecular flexibility index (Phi) is 8.53. The highest BCUT2D eigenvalue weighted by molar-refractivity contribution is 7.89. The fraction of sp³-hybridized carbons (Fsp3) is 0.500. The van der Waals surface area contributed by atoms with Gasteiger partial charge in [0.2, 0.25) is 10.0 Å². The van der Waals surface area contributed by atoms with E-state index in [-0.39, 0.29) is 35.6 Å². The van der Waals surface area contributed by atoms with Gasteiger partial charge in [0.25, 0.3) is 5.91 Å². The smallest absolute Gasteiger partial charge is 0.338 e. The Labute approximate surface area is 147 Å². The molecule has 0 unspecified atom stereocenters. The summed E-state index contributed by atoms with van der Waals surface area (Å²) in [5.74, 6) is -1.08. The molecule has 1 rings (SSSR count). The van der Waals surface area contributed by atoms with Gasteiger partial charge in [0.15, 0.2) is 6.61 Å². The minimum absolute atomic E-state index is 0.0210. The van der Waals surface area contributed by atoms with Crippen molar-refractivity contribution in [1.82, 2.24) is 10.0 Å². The first-order valence-electron chi connectivity index (χ1n) is 7.85. The number of sulfonamides is 1. The van der Waals surface area contributed by atoms with Gasteiger partial charge in [-0.15, -0.1) is 0 Å². The van der Waals surface area contributed by atoms with Crippen LogP contribution in [0, 0.1) is 0 Å². The van der Waals surface area contributed by atoms with Gasteiger partial charge in [-0.25, -0.2) is 17.9 Å². The van der Waals surface area contributed by atoms with E-state index in [1.54, 1.807) is 6.92 Å². The lowest BCUT2D eigenvalue weighted by Crippen LogP contribution is -2.35. The SMILES string of the molecule is CCCNC(=O)COC(=O)c1ccc(S(=O)(=O)N[C@@H](C)COC)cc1. The molecule has 0 fully saturated rings. The zero-order valence-corrected chi connectivity index (χ0v) is 15.4. The van der Waals surface area contributed by atoms with E-state index in [9.17, 15) is 18.0 Å². The number of hydrogen-bond acceptors (Lipinski definition) is 6. The number of ether oxygens (including phenoxy) is 2. The first-order valence-corrected chi connectivity index (χ1v) is 9.33. The van der Waals surface area contributed by atoms with Crippen LogP contribution in [-0.4, -0.2) is 53.2 Å². The normalized spacial score (nSPS) is 12.4. The summed E-state index contributed by atoms with van der Waals surface area (Å²) in [5, 5.41) is 2.58. The lowest BCUT2D eigenvalue weighted by Gasteiger charge is -2.13. The Morgan fingerprint density at radius 1 is 1.20 bits per heavy atom. The lowest BCUT2D eigenvalue weighted by molar-refractivity contribution is -0.124. The van der Waals surface area contributed by atoms with Crippen LogP contribution in [0.15, 0.2) is 29.2 Å². The predicted octanol–water partition coefficient (Wildman–Crippen LogP) is 0.683. The highest BCUT2D eigenvalue weighted by Crippen LogP contribution is 2.12. The summed E-state index contributed by atoms with van der Waals surface area (Å²) in [6, 6.07) is 4.88. The minimum atomic E-state index is -3.71. The van der Waals surface area contributed by atoms with Crippen LogP contribution in [0.4, 0.5) is 0 Å². The maximum atomic E-state index is 12.2. The predicted molar refractivity (Wildman–Crippen MR) is 91.7 cm³/mol. The van der Waals surface area contributed by atoms with Crippen molar-refractivity contribution >= 4 is 21.9 Å². The van der Waals surface area contributed by atoms with E-state index in [4.69, 9.17) is 9.47 Å². The second-order valence-electron chi connectivity index (χ2n) is 5.43. The highest BCUT2D eigenvalue weighted by atomic mass is 32.2. The molecule has 0 heterocycles. The van der Waals surface area contributed by atoms with Crippen LogP contribution in [-0.2, 0) is 24.3 Å². The van der Waals surface area contributed by atoms with Gasteiger partial charge in [0.05, 0.1) is 17.1 Å². The molecule has 0 aliphatic heterocycles. The summed E-state index contributed by atoms with van der Waals surface area (Å²) in [5.41, 5.74) is 0.159. The quantitative estimate of drug-likeness (QED) is 0.585. The van der Waals surface area contributed by atoms with Gasteiger partial charge >= 0.3 is 5.97 Å². The standard InChI is InChI=1S/C16H24N2O6S/c1-4-9-17-15(19)11-24-16(20)13-5-7-14(8-6-13)25(21,22)18-12(2)10-23-3/h5-8,12,18H,4,9-11H2,1-3H3,(H,17,19)/t12-/m0/s1. The molecule has 0 spiro atoms. The average Bonchev–Trinajstić information content (AvgIpc) is 2.57. The number of methoxy groups -OCH3 is 1. The van der Waals surface area contributed by atoms with E-state index in [1.165, 1.54) is 31.4 Å². The Morgan fingerprint density at radius 3 is 2.40 bits per heavy atom. The molecule has 0 aliphatic carbocycles. The molecule has 2 N–H and O–H groups in total. The van der Waals surface area contributed by atoms with Crippen molar-refractivity contribution in [2.45, 2.75) is 31.2 Å². The summed E-state index contributed by atoms with van der Waals surface area (Å²) >= 11 is 0. The number of esters is 1. The van der Waals surface area contributed by atoms with E-state index in [2.05, 4.69) is 10.0 Å². The molecule has 9 heteroatoms. The van der Waals surface area contributed by atoms with Crippen molar-refractivity contribution in [3.05, 3.63) is 29.8 Å². The third-order valence-corrected chi connectivity index (χ3v) is 4.69. The molecule has 140 valence electrons. The van der Waals surface area contributed by atoms with Crippen LogP contribution < -0.4 is 10.0 Å². The zero-order valence-electron chi connectivity index (χ0n) is 14.6. The number of benzene rings is 1. The molecule has 0 saturated carbocycles. The molecule has 1 atom stereocenters. The van der Waals surface area contributed by atoms with Crippen molar-refractivity contribution in [1.29, 1.82) is 0 Å². The second-order valence-corrected chi connectivity index (χ2v) is 7.14. The van der Waals surface area contributed by atoms with Gasteiger partial charge in [-0.1, -0.05) is 6.92 Å². The number of hydrogen-bond donors (Lipinski definition) is 2. The van der Waals surface area contributed by atoms with Crippen molar-refractivity contribution in [3.63, 3.8) is 0 Å². The van der Waals surface area contributed by atoms with Gasteiger partial charge in [0.1, 0.15) is 0 Å². The average molecular weight is 372 g/mol. The van der Waals surface area contributed by atoms with Crippen molar-refractivity contribution < 1.29 is 27.5 Å². The zero-order chi connectivity index (χ0) is 18.9. The Bertz CT molecular complexity index is 672. The molecule has 0 aromatic heterocycles.